The van der Waals surface area contributed by atoms with Gasteiger partial charge in [-0.05, 0) is 66.0 Å². The molecule has 4 rings (SSSR count). The van der Waals surface area contributed by atoms with E-state index in [-0.39, 0.29) is 5.41 Å². The van der Waals surface area contributed by atoms with E-state index in [1.165, 1.54) is 25.7 Å². The van der Waals surface area contributed by atoms with Gasteiger partial charge < -0.3 is 4.74 Å². The van der Waals surface area contributed by atoms with Crippen molar-refractivity contribution < 1.29 is 9.13 Å². The van der Waals surface area contributed by atoms with Gasteiger partial charge in [-0.1, -0.05) is 73.7 Å². The fraction of sp³-hybridized carbons (Fsp3) is 0.481. The Balaban J connectivity index is 1.60. The molecule has 0 heterocycles. The number of rotatable bonds is 5. The Morgan fingerprint density at radius 3 is 2.38 bits per heavy atom. The molecule has 0 radical (unpaired) electrons. The zero-order valence-corrected chi connectivity index (χ0v) is 17.7. The highest BCUT2D eigenvalue weighted by Crippen LogP contribution is 2.54. The molecule has 2 aliphatic rings. The predicted octanol–water partition coefficient (Wildman–Crippen LogP) is 7.33. The monoisotopic (exact) mass is 392 g/mol. The van der Waals surface area contributed by atoms with Gasteiger partial charge >= 0.3 is 0 Å². The molecule has 0 amide bonds. The van der Waals surface area contributed by atoms with E-state index < -0.39 is 5.67 Å². The third-order valence-electron chi connectivity index (χ3n) is 7.28. The molecular formula is C27H33FO. The Morgan fingerprint density at radius 2 is 1.66 bits per heavy atom. The summed E-state index contributed by atoms with van der Waals surface area (Å²) in [6, 6.07) is 18.3. The number of allylic oxidation sites excluding steroid dienone is 2. The molecule has 0 aliphatic heterocycles. The lowest BCUT2D eigenvalue weighted by atomic mass is 9.60. The van der Waals surface area contributed by atoms with Gasteiger partial charge in [-0.25, -0.2) is 4.39 Å². The maximum absolute atomic E-state index is 16.6. The molecule has 1 nitrogen and oxygen atoms in total. The van der Waals surface area contributed by atoms with Gasteiger partial charge in [-0.3, -0.25) is 0 Å². The summed E-state index contributed by atoms with van der Waals surface area (Å²) in [5.41, 5.74) is 1.55. The van der Waals surface area contributed by atoms with E-state index in [1.807, 2.05) is 36.4 Å². The molecule has 2 aromatic rings. The van der Waals surface area contributed by atoms with E-state index in [1.54, 1.807) is 7.11 Å². The Hall–Kier alpha value is -1.93. The zero-order valence-electron chi connectivity index (χ0n) is 17.7. The highest BCUT2D eigenvalue weighted by atomic mass is 19.1. The zero-order chi connectivity index (χ0) is 20.3. The minimum absolute atomic E-state index is 0.0885. The van der Waals surface area contributed by atoms with E-state index >= 15 is 4.39 Å². The van der Waals surface area contributed by atoms with Crippen LogP contribution in [0.5, 0.6) is 0 Å². The second-order valence-corrected chi connectivity index (χ2v) is 9.34. The summed E-state index contributed by atoms with van der Waals surface area (Å²) in [5, 5.41) is 0. The minimum atomic E-state index is -1.32. The Labute approximate surface area is 175 Å². The number of hydrogen-bond donors (Lipinski definition) is 0. The van der Waals surface area contributed by atoms with Gasteiger partial charge in [-0.2, -0.15) is 0 Å². The molecule has 2 unspecified atom stereocenters. The standard InChI is InChI=1S/C27H33FO/c1-26(23-15-13-21(14-16-23)19-29-2)17-8-18-27(28,20-26)25-12-7-6-11-24(25)22-9-4-3-5-10-22/h3-12,17,21,23H,13-16,18-20H2,1-2H3. The van der Waals surface area contributed by atoms with Crippen LogP contribution in [0.15, 0.2) is 66.7 Å². The number of halogens is 1. The van der Waals surface area contributed by atoms with E-state index in [0.717, 1.165) is 23.3 Å². The van der Waals surface area contributed by atoms with Crippen molar-refractivity contribution in [3.63, 3.8) is 0 Å². The predicted molar refractivity (Wildman–Crippen MR) is 118 cm³/mol. The largest absolute Gasteiger partial charge is 0.384 e. The van der Waals surface area contributed by atoms with Crippen LogP contribution in [0.1, 0.15) is 51.0 Å². The van der Waals surface area contributed by atoms with E-state index in [0.29, 0.717) is 24.7 Å². The number of hydrogen-bond acceptors (Lipinski definition) is 1. The fourth-order valence-electron chi connectivity index (χ4n) is 5.70. The van der Waals surface area contributed by atoms with Crippen molar-refractivity contribution in [3.8, 4) is 11.1 Å². The van der Waals surface area contributed by atoms with Gasteiger partial charge in [0.1, 0.15) is 5.67 Å². The molecule has 1 saturated carbocycles. The van der Waals surface area contributed by atoms with Gasteiger partial charge in [0, 0.05) is 20.1 Å². The Bertz CT molecular complexity index is 837. The van der Waals surface area contributed by atoms with Crippen LogP contribution in [0.25, 0.3) is 11.1 Å². The first kappa shape index (κ1) is 20.3. The lowest BCUT2D eigenvalue weighted by Gasteiger charge is -2.46. The summed E-state index contributed by atoms with van der Waals surface area (Å²) in [5.74, 6) is 1.22. The quantitative estimate of drug-likeness (QED) is 0.484. The number of benzene rings is 2. The molecule has 0 saturated heterocycles. The molecule has 0 bridgehead atoms. The first-order valence-electron chi connectivity index (χ1n) is 11.0. The van der Waals surface area contributed by atoms with Crippen molar-refractivity contribution in [2.45, 2.75) is 51.1 Å². The molecule has 0 spiro atoms. The summed E-state index contributed by atoms with van der Waals surface area (Å²) in [4.78, 5) is 0. The fourth-order valence-corrected chi connectivity index (χ4v) is 5.70. The average Bonchev–Trinajstić information content (AvgIpc) is 2.75. The maximum Gasteiger partial charge on any atom is 0.140 e. The van der Waals surface area contributed by atoms with Gasteiger partial charge in [0.15, 0.2) is 0 Å². The van der Waals surface area contributed by atoms with Gasteiger partial charge in [0.2, 0.25) is 0 Å². The lowest BCUT2D eigenvalue weighted by Crippen LogP contribution is -2.39. The van der Waals surface area contributed by atoms with Crippen molar-refractivity contribution in [2.75, 3.05) is 13.7 Å². The summed E-state index contributed by atoms with van der Waals surface area (Å²) >= 11 is 0. The first-order valence-corrected chi connectivity index (χ1v) is 11.0. The maximum atomic E-state index is 16.6. The van der Waals surface area contributed by atoms with Crippen molar-refractivity contribution in [1.29, 1.82) is 0 Å². The molecule has 2 aliphatic carbocycles. The van der Waals surface area contributed by atoms with Gasteiger partial charge in [0.25, 0.3) is 0 Å². The second-order valence-electron chi connectivity index (χ2n) is 9.34. The van der Waals surface area contributed by atoms with Crippen molar-refractivity contribution >= 4 is 0 Å². The molecule has 2 atom stereocenters. The highest BCUT2D eigenvalue weighted by molar-refractivity contribution is 5.68. The van der Waals surface area contributed by atoms with Crippen LogP contribution in [-0.4, -0.2) is 13.7 Å². The molecule has 0 N–H and O–H groups in total. The van der Waals surface area contributed by atoms with Crippen molar-refractivity contribution in [1.82, 2.24) is 0 Å². The first-order chi connectivity index (χ1) is 14.0. The number of alkyl halides is 1. The third kappa shape index (κ3) is 4.19. The summed E-state index contributed by atoms with van der Waals surface area (Å²) in [6.45, 7) is 3.14. The van der Waals surface area contributed by atoms with Crippen molar-refractivity contribution in [3.05, 3.63) is 72.3 Å². The average molecular weight is 393 g/mol. The SMILES string of the molecule is COCC1CCC(C2(C)C=CCC(F)(c3ccccc3-c3ccccc3)C2)CC1. The Kier molecular flexibility index (Phi) is 5.92. The number of ether oxygens (including phenoxy) is 1. The molecule has 2 aromatic carbocycles. The lowest BCUT2D eigenvalue weighted by molar-refractivity contribution is 0.0349. The topological polar surface area (TPSA) is 9.23 Å². The minimum Gasteiger partial charge on any atom is -0.384 e. The van der Waals surface area contributed by atoms with Crippen LogP contribution in [0.4, 0.5) is 4.39 Å². The van der Waals surface area contributed by atoms with Gasteiger partial charge in [0.05, 0.1) is 0 Å². The third-order valence-corrected chi connectivity index (χ3v) is 7.28. The van der Waals surface area contributed by atoms with Crippen LogP contribution < -0.4 is 0 Å². The van der Waals surface area contributed by atoms with Crippen LogP contribution in [0, 0.1) is 17.3 Å². The number of methoxy groups -OCH3 is 1. The highest BCUT2D eigenvalue weighted by Gasteiger charge is 2.46. The normalized spacial score (nSPS) is 32.2. The van der Waals surface area contributed by atoms with Crippen LogP contribution in [-0.2, 0) is 10.4 Å². The second kappa shape index (κ2) is 8.44. The van der Waals surface area contributed by atoms with E-state index in [4.69, 9.17) is 4.74 Å². The molecule has 1 fully saturated rings. The smallest absolute Gasteiger partial charge is 0.140 e. The summed E-state index contributed by atoms with van der Waals surface area (Å²) in [6.07, 6.45) is 10.2. The molecule has 2 heteroatoms. The molecule has 154 valence electrons. The van der Waals surface area contributed by atoms with E-state index in [2.05, 4.69) is 37.3 Å². The summed E-state index contributed by atoms with van der Waals surface area (Å²) in [7, 11) is 1.79. The molecule has 29 heavy (non-hydrogen) atoms. The van der Waals surface area contributed by atoms with Crippen LogP contribution >= 0.6 is 0 Å². The summed E-state index contributed by atoms with van der Waals surface area (Å²) < 4.78 is 22.0. The molecule has 0 aromatic heterocycles. The van der Waals surface area contributed by atoms with Crippen LogP contribution in [0.2, 0.25) is 0 Å². The van der Waals surface area contributed by atoms with E-state index in [9.17, 15) is 0 Å². The van der Waals surface area contributed by atoms with Crippen LogP contribution in [0.3, 0.4) is 0 Å². The van der Waals surface area contributed by atoms with Gasteiger partial charge in [-0.15, -0.1) is 0 Å². The Morgan fingerprint density at radius 1 is 0.966 bits per heavy atom. The van der Waals surface area contributed by atoms with Crippen molar-refractivity contribution in [2.24, 2.45) is 17.3 Å². The molecular weight excluding hydrogens is 359 g/mol.